The van der Waals surface area contributed by atoms with Crippen molar-refractivity contribution in [3.63, 3.8) is 0 Å². The highest BCUT2D eigenvalue weighted by Gasteiger charge is 2.14. The Morgan fingerprint density at radius 3 is 2.88 bits per heavy atom. The van der Waals surface area contributed by atoms with Crippen molar-refractivity contribution in [2.24, 2.45) is 13.0 Å². The molecule has 1 atom stereocenters. The average molecular weight is 322 g/mol. The van der Waals surface area contributed by atoms with E-state index in [1.807, 2.05) is 38.5 Å². The van der Waals surface area contributed by atoms with Crippen LogP contribution in [-0.2, 0) is 11.8 Å². The first-order valence-electron chi connectivity index (χ1n) is 7.70. The zero-order valence-electron chi connectivity index (χ0n) is 13.6. The van der Waals surface area contributed by atoms with Gasteiger partial charge >= 0.3 is 0 Å². The van der Waals surface area contributed by atoms with Gasteiger partial charge in [0.15, 0.2) is 0 Å². The lowest BCUT2D eigenvalue weighted by Gasteiger charge is -2.18. The molecule has 122 valence electrons. The molecule has 7 heteroatoms. The molecule has 0 N–H and O–H groups in total. The van der Waals surface area contributed by atoms with E-state index < -0.39 is 0 Å². The molecule has 3 heterocycles. The number of carbonyl (C=O) groups is 1. The number of hydrogen-bond acceptors (Lipinski definition) is 4. The summed E-state index contributed by atoms with van der Waals surface area (Å²) in [6.45, 7) is 2.34. The van der Waals surface area contributed by atoms with E-state index in [0.717, 1.165) is 28.7 Å². The van der Waals surface area contributed by atoms with Crippen molar-refractivity contribution in [1.82, 2.24) is 19.4 Å². The molecule has 0 spiro atoms. The number of nitrogens with zero attached hydrogens (tertiary/aromatic N) is 6. The second kappa shape index (κ2) is 6.54. The average Bonchev–Trinajstić information content (AvgIpc) is 3.21. The van der Waals surface area contributed by atoms with Gasteiger partial charge in [-0.05, 0) is 25.5 Å². The summed E-state index contributed by atoms with van der Waals surface area (Å²) in [4.78, 5) is 13.2. The van der Waals surface area contributed by atoms with Crippen LogP contribution < -0.4 is 4.90 Å². The molecule has 1 amide bonds. The summed E-state index contributed by atoms with van der Waals surface area (Å²) in [5, 5.41) is 17.4. The summed E-state index contributed by atoms with van der Waals surface area (Å²) < 4.78 is 3.49. The highest BCUT2D eigenvalue weighted by molar-refractivity contribution is 5.87. The number of aryl methyl sites for hydroxylation is 1. The van der Waals surface area contributed by atoms with Crippen LogP contribution in [0.5, 0.6) is 0 Å². The number of fused-ring (bicyclic) bond motifs is 1. The monoisotopic (exact) mass is 322 g/mol. The molecule has 0 aliphatic rings. The number of rotatable bonds is 6. The predicted octanol–water partition coefficient (Wildman–Crippen LogP) is 2.25. The first-order valence-corrected chi connectivity index (χ1v) is 7.70. The second-order valence-corrected chi connectivity index (χ2v) is 5.80. The zero-order chi connectivity index (χ0) is 17.1. The van der Waals surface area contributed by atoms with Crippen molar-refractivity contribution >= 4 is 17.6 Å². The van der Waals surface area contributed by atoms with E-state index >= 15 is 0 Å². The molecule has 0 saturated carbocycles. The van der Waals surface area contributed by atoms with Gasteiger partial charge in [0, 0.05) is 49.2 Å². The van der Waals surface area contributed by atoms with Crippen LogP contribution in [0.2, 0.25) is 0 Å². The Balaban J connectivity index is 1.97. The molecule has 1 unspecified atom stereocenters. The third kappa shape index (κ3) is 2.99. The summed E-state index contributed by atoms with van der Waals surface area (Å²) in [6, 6.07) is 5.99. The third-order valence-corrected chi connectivity index (χ3v) is 3.98. The highest BCUT2D eigenvalue weighted by atomic mass is 16.1. The molecule has 3 aromatic rings. The van der Waals surface area contributed by atoms with Crippen LogP contribution in [-0.4, -0.2) is 32.3 Å². The van der Waals surface area contributed by atoms with Crippen LogP contribution in [0, 0.1) is 17.2 Å². The Morgan fingerprint density at radius 2 is 2.21 bits per heavy atom. The molecule has 0 fully saturated rings. The maximum atomic E-state index is 11.5. The lowest BCUT2D eigenvalue weighted by Crippen LogP contribution is -2.24. The SMILES string of the molecule is CC(C#N)CCN(C=O)c1ccnn2cc(-c3cnn(C)c3)cc12. The Morgan fingerprint density at radius 1 is 1.38 bits per heavy atom. The summed E-state index contributed by atoms with van der Waals surface area (Å²) in [5.74, 6) is -0.0944. The molecule has 0 saturated heterocycles. The number of hydrogen-bond donors (Lipinski definition) is 0. The number of amides is 1. The second-order valence-electron chi connectivity index (χ2n) is 5.80. The van der Waals surface area contributed by atoms with Crippen molar-refractivity contribution in [2.75, 3.05) is 11.4 Å². The number of nitriles is 1. The van der Waals surface area contributed by atoms with Crippen molar-refractivity contribution in [1.29, 1.82) is 5.26 Å². The first-order chi connectivity index (χ1) is 11.6. The van der Waals surface area contributed by atoms with E-state index in [4.69, 9.17) is 5.26 Å². The van der Waals surface area contributed by atoms with E-state index in [1.165, 1.54) is 0 Å². The van der Waals surface area contributed by atoms with E-state index in [-0.39, 0.29) is 5.92 Å². The summed E-state index contributed by atoms with van der Waals surface area (Å²) >= 11 is 0. The van der Waals surface area contributed by atoms with Crippen LogP contribution in [0.15, 0.2) is 36.9 Å². The molecule has 3 rings (SSSR count). The van der Waals surface area contributed by atoms with Gasteiger partial charge in [0.25, 0.3) is 0 Å². The minimum atomic E-state index is -0.0944. The Bertz CT molecular complexity index is 903. The smallest absolute Gasteiger partial charge is 0.214 e. The van der Waals surface area contributed by atoms with Gasteiger partial charge in [-0.1, -0.05) is 0 Å². The van der Waals surface area contributed by atoms with Gasteiger partial charge < -0.3 is 4.90 Å². The van der Waals surface area contributed by atoms with Crippen molar-refractivity contribution in [3.05, 3.63) is 36.9 Å². The summed E-state index contributed by atoms with van der Waals surface area (Å²) in [5.41, 5.74) is 3.59. The molecule has 7 nitrogen and oxygen atoms in total. The standard InChI is InChI=1S/C17H18N6O/c1-13(8-18)4-6-22(12-24)16-3-5-19-23-11-14(7-17(16)23)15-9-20-21(2)10-15/h3,5,7,9-13H,4,6H2,1-2H3. The predicted molar refractivity (Wildman–Crippen MR) is 90.2 cm³/mol. The van der Waals surface area contributed by atoms with E-state index in [1.54, 1.807) is 26.5 Å². The van der Waals surface area contributed by atoms with Gasteiger partial charge in [0.05, 0.1) is 23.5 Å². The van der Waals surface area contributed by atoms with E-state index in [9.17, 15) is 4.79 Å². The minimum Gasteiger partial charge on any atom is -0.313 e. The Kier molecular flexibility index (Phi) is 4.29. The largest absolute Gasteiger partial charge is 0.313 e. The third-order valence-electron chi connectivity index (χ3n) is 3.98. The van der Waals surface area contributed by atoms with Gasteiger partial charge in [-0.2, -0.15) is 15.5 Å². The van der Waals surface area contributed by atoms with Crippen LogP contribution in [0.25, 0.3) is 16.6 Å². The van der Waals surface area contributed by atoms with Gasteiger partial charge in [0.1, 0.15) is 0 Å². The molecular weight excluding hydrogens is 304 g/mol. The van der Waals surface area contributed by atoms with E-state index in [0.29, 0.717) is 13.0 Å². The quantitative estimate of drug-likeness (QED) is 0.652. The molecule has 0 bridgehead atoms. The Hall–Kier alpha value is -3.14. The number of anilines is 1. The topological polar surface area (TPSA) is 79.2 Å². The fraction of sp³-hybridized carbons (Fsp3) is 0.294. The molecule has 0 aromatic carbocycles. The summed E-state index contributed by atoms with van der Waals surface area (Å²) in [7, 11) is 1.87. The van der Waals surface area contributed by atoms with Gasteiger partial charge in [-0.25, -0.2) is 4.52 Å². The van der Waals surface area contributed by atoms with Gasteiger partial charge in [0.2, 0.25) is 6.41 Å². The molecule has 0 aliphatic carbocycles. The zero-order valence-corrected chi connectivity index (χ0v) is 13.6. The summed E-state index contributed by atoms with van der Waals surface area (Å²) in [6.07, 6.45) is 8.73. The maximum Gasteiger partial charge on any atom is 0.214 e. The molecule has 24 heavy (non-hydrogen) atoms. The van der Waals surface area contributed by atoms with Crippen molar-refractivity contribution in [3.8, 4) is 17.2 Å². The molecule has 3 aromatic heterocycles. The minimum absolute atomic E-state index is 0.0944. The molecule has 0 aliphatic heterocycles. The fourth-order valence-electron chi connectivity index (χ4n) is 2.60. The lowest BCUT2D eigenvalue weighted by atomic mass is 10.1. The van der Waals surface area contributed by atoms with Crippen LogP contribution in [0.3, 0.4) is 0 Å². The number of aromatic nitrogens is 4. The Labute approximate surface area is 139 Å². The molecule has 0 radical (unpaired) electrons. The van der Waals surface area contributed by atoms with Gasteiger partial charge in [-0.15, -0.1) is 0 Å². The van der Waals surface area contributed by atoms with Crippen molar-refractivity contribution < 1.29 is 4.79 Å². The molecular formula is C17H18N6O. The van der Waals surface area contributed by atoms with Gasteiger partial charge in [-0.3, -0.25) is 9.48 Å². The van der Waals surface area contributed by atoms with Crippen molar-refractivity contribution in [2.45, 2.75) is 13.3 Å². The maximum absolute atomic E-state index is 11.5. The number of carbonyl (C=O) groups excluding carboxylic acids is 1. The normalized spacial score (nSPS) is 12.0. The first kappa shape index (κ1) is 15.7. The highest BCUT2D eigenvalue weighted by Crippen LogP contribution is 2.27. The lowest BCUT2D eigenvalue weighted by molar-refractivity contribution is -0.107. The van der Waals surface area contributed by atoms with Crippen LogP contribution in [0.4, 0.5) is 5.69 Å². The van der Waals surface area contributed by atoms with Crippen LogP contribution >= 0.6 is 0 Å². The fourth-order valence-corrected chi connectivity index (χ4v) is 2.60. The van der Waals surface area contributed by atoms with E-state index in [2.05, 4.69) is 16.3 Å². The van der Waals surface area contributed by atoms with Crippen LogP contribution in [0.1, 0.15) is 13.3 Å².